The van der Waals surface area contributed by atoms with Crippen LogP contribution in [-0.4, -0.2) is 5.78 Å². The largest absolute Gasteiger partial charge is 0.295 e. The van der Waals surface area contributed by atoms with Crippen molar-refractivity contribution in [3.8, 4) is 0 Å². The maximum absolute atomic E-state index is 10.9. The fourth-order valence-corrected chi connectivity index (χ4v) is 0.867. The van der Waals surface area contributed by atoms with E-state index in [4.69, 9.17) is 0 Å². The average Bonchev–Trinajstić information content (AvgIpc) is 2.16. The molecule has 0 amide bonds. The van der Waals surface area contributed by atoms with Gasteiger partial charge in [-0.2, -0.15) is 0 Å². The molecule has 1 heteroatoms. The quantitative estimate of drug-likeness (QED) is 0.472. The molecule has 0 fully saturated rings. The van der Waals surface area contributed by atoms with Gasteiger partial charge in [-0.3, -0.25) is 4.79 Å². The summed E-state index contributed by atoms with van der Waals surface area (Å²) in [5.41, 5.74) is 7.86. The normalized spacial score (nSPS) is 14.6. The Kier molecular flexibility index (Phi) is 3.28. The standard InChI is InChI=1S/C12H12O/c1-3-12(13)9-8-11-6-4-10(2)5-7-11/h4,6,8-9H,3H2,1-2H3/b9-8+. The number of carbonyl (C=O) groups excluding carboxylic acids is 1. The lowest BCUT2D eigenvalue weighted by molar-refractivity contribution is -0.114. The molecule has 0 unspecified atom stereocenters. The maximum Gasteiger partial charge on any atom is 0.155 e. The molecule has 0 saturated heterocycles. The summed E-state index contributed by atoms with van der Waals surface area (Å²) >= 11 is 0. The van der Waals surface area contributed by atoms with E-state index in [-0.39, 0.29) is 5.78 Å². The highest BCUT2D eigenvalue weighted by molar-refractivity contribution is 5.89. The SMILES string of the molecule is CCC(=O)/C=C/C1=C=C=C(C)C=C1. The van der Waals surface area contributed by atoms with Crippen LogP contribution in [-0.2, 0) is 4.79 Å². The van der Waals surface area contributed by atoms with Crippen molar-refractivity contribution in [3.63, 3.8) is 0 Å². The van der Waals surface area contributed by atoms with Gasteiger partial charge >= 0.3 is 0 Å². The Morgan fingerprint density at radius 3 is 2.77 bits per heavy atom. The van der Waals surface area contributed by atoms with Gasteiger partial charge in [-0.05, 0) is 36.8 Å². The third-order valence-corrected chi connectivity index (χ3v) is 1.71. The number of carbonyl (C=O) groups is 1. The van der Waals surface area contributed by atoms with Crippen molar-refractivity contribution in [3.05, 3.63) is 46.9 Å². The van der Waals surface area contributed by atoms with Gasteiger partial charge in [-0.15, -0.1) is 0 Å². The Balaban J connectivity index is 2.78. The van der Waals surface area contributed by atoms with Crippen molar-refractivity contribution < 1.29 is 4.79 Å². The van der Waals surface area contributed by atoms with Crippen LogP contribution >= 0.6 is 0 Å². The van der Waals surface area contributed by atoms with E-state index in [1.807, 2.05) is 26.0 Å². The van der Waals surface area contributed by atoms with Gasteiger partial charge in [0.1, 0.15) is 0 Å². The minimum absolute atomic E-state index is 0.133. The Bertz CT molecular complexity index is 368. The van der Waals surface area contributed by atoms with Gasteiger partial charge in [0.15, 0.2) is 5.78 Å². The summed E-state index contributed by atoms with van der Waals surface area (Å²) in [4.78, 5) is 10.9. The highest BCUT2D eigenvalue weighted by Crippen LogP contribution is 2.05. The number of hydrogen-bond donors (Lipinski definition) is 0. The smallest absolute Gasteiger partial charge is 0.155 e. The molecule has 0 atom stereocenters. The van der Waals surface area contributed by atoms with E-state index in [2.05, 4.69) is 11.5 Å². The van der Waals surface area contributed by atoms with Crippen molar-refractivity contribution in [2.45, 2.75) is 20.3 Å². The predicted molar refractivity (Wildman–Crippen MR) is 53.3 cm³/mol. The van der Waals surface area contributed by atoms with Crippen LogP contribution in [0.5, 0.6) is 0 Å². The van der Waals surface area contributed by atoms with E-state index in [0.717, 1.165) is 11.1 Å². The number of allylic oxidation sites excluding steroid dienone is 6. The van der Waals surface area contributed by atoms with Crippen molar-refractivity contribution >= 4 is 5.78 Å². The molecule has 66 valence electrons. The van der Waals surface area contributed by atoms with Crippen molar-refractivity contribution in [1.82, 2.24) is 0 Å². The van der Waals surface area contributed by atoms with E-state index in [0.29, 0.717) is 6.42 Å². The summed E-state index contributed by atoms with van der Waals surface area (Å²) < 4.78 is 0. The van der Waals surface area contributed by atoms with Crippen LogP contribution in [0.25, 0.3) is 0 Å². The molecule has 1 aliphatic rings. The van der Waals surface area contributed by atoms with Gasteiger partial charge in [0.2, 0.25) is 0 Å². The molecule has 1 nitrogen and oxygen atoms in total. The summed E-state index contributed by atoms with van der Waals surface area (Å²) in [6.45, 7) is 3.80. The van der Waals surface area contributed by atoms with Gasteiger partial charge in [0, 0.05) is 12.0 Å². The molecule has 1 rings (SSSR count). The molecule has 0 heterocycles. The zero-order chi connectivity index (χ0) is 9.68. The fourth-order valence-electron chi connectivity index (χ4n) is 0.867. The molecule has 0 spiro atoms. The van der Waals surface area contributed by atoms with Crippen LogP contribution in [0, 0.1) is 0 Å². The van der Waals surface area contributed by atoms with Crippen LogP contribution in [0.3, 0.4) is 0 Å². The number of hydrogen-bond acceptors (Lipinski definition) is 1. The monoisotopic (exact) mass is 172 g/mol. The molecule has 0 radical (unpaired) electrons. The maximum atomic E-state index is 10.9. The lowest BCUT2D eigenvalue weighted by Gasteiger charge is -1.92. The summed E-state index contributed by atoms with van der Waals surface area (Å²) in [6, 6.07) is 0. The van der Waals surface area contributed by atoms with Gasteiger partial charge in [0.05, 0.1) is 0 Å². The van der Waals surface area contributed by atoms with Gasteiger partial charge in [-0.25, -0.2) is 0 Å². The second-order valence-corrected chi connectivity index (χ2v) is 2.87. The topological polar surface area (TPSA) is 17.1 Å². The first kappa shape index (κ1) is 9.54. The Labute approximate surface area is 78.5 Å². The average molecular weight is 172 g/mol. The van der Waals surface area contributed by atoms with E-state index < -0.39 is 0 Å². The van der Waals surface area contributed by atoms with Crippen LogP contribution in [0.4, 0.5) is 0 Å². The Hall–Kier alpha value is -1.55. The first-order valence-electron chi connectivity index (χ1n) is 4.34. The highest BCUT2D eigenvalue weighted by Gasteiger charge is 1.92. The number of rotatable bonds is 3. The molecule has 0 aliphatic heterocycles. The van der Waals surface area contributed by atoms with Crippen LogP contribution in [0.2, 0.25) is 0 Å². The van der Waals surface area contributed by atoms with E-state index in [9.17, 15) is 4.79 Å². The molecule has 0 bridgehead atoms. The molecule has 0 aromatic carbocycles. The third kappa shape index (κ3) is 3.13. The van der Waals surface area contributed by atoms with Gasteiger partial charge in [-0.1, -0.05) is 18.4 Å². The van der Waals surface area contributed by atoms with Gasteiger partial charge < -0.3 is 0 Å². The Morgan fingerprint density at radius 2 is 2.23 bits per heavy atom. The van der Waals surface area contributed by atoms with E-state index in [1.165, 1.54) is 0 Å². The van der Waals surface area contributed by atoms with Crippen LogP contribution in [0.15, 0.2) is 46.9 Å². The molecular weight excluding hydrogens is 160 g/mol. The van der Waals surface area contributed by atoms with Crippen LogP contribution in [0.1, 0.15) is 20.3 Å². The first-order chi connectivity index (χ1) is 6.22. The molecule has 0 aromatic heterocycles. The fraction of sp³-hybridized carbons (Fsp3) is 0.250. The molecule has 0 saturated carbocycles. The summed E-state index contributed by atoms with van der Waals surface area (Å²) in [5, 5.41) is 0. The second-order valence-electron chi connectivity index (χ2n) is 2.87. The molecule has 13 heavy (non-hydrogen) atoms. The zero-order valence-electron chi connectivity index (χ0n) is 7.92. The summed E-state index contributed by atoms with van der Waals surface area (Å²) in [7, 11) is 0. The molecule has 1 aliphatic carbocycles. The Morgan fingerprint density at radius 1 is 1.46 bits per heavy atom. The second kappa shape index (κ2) is 4.47. The lowest BCUT2D eigenvalue weighted by Crippen LogP contribution is -1.87. The number of ketones is 1. The molecule has 0 aromatic rings. The van der Waals surface area contributed by atoms with Crippen molar-refractivity contribution in [2.75, 3.05) is 0 Å². The predicted octanol–water partition coefficient (Wildman–Crippen LogP) is 2.72. The molecular formula is C12H12O. The van der Waals surface area contributed by atoms with Gasteiger partial charge in [0.25, 0.3) is 0 Å². The minimum atomic E-state index is 0.133. The van der Waals surface area contributed by atoms with E-state index in [1.54, 1.807) is 12.2 Å². The minimum Gasteiger partial charge on any atom is -0.295 e. The highest BCUT2D eigenvalue weighted by atomic mass is 16.1. The van der Waals surface area contributed by atoms with Crippen molar-refractivity contribution in [1.29, 1.82) is 0 Å². The van der Waals surface area contributed by atoms with Crippen molar-refractivity contribution in [2.24, 2.45) is 0 Å². The summed E-state index contributed by atoms with van der Waals surface area (Å²) in [5.74, 6) is 0.133. The molecule has 0 N–H and O–H groups in total. The zero-order valence-corrected chi connectivity index (χ0v) is 7.92. The third-order valence-electron chi connectivity index (χ3n) is 1.71. The lowest BCUT2D eigenvalue weighted by atomic mass is 10.1. The van der Waals surface area contributed by atoms with Crippen LogP contribution < -0.4 is 0 Å². The summed E-state index contributed by atoms with van der Waals surface area (Å²) in [6.07, 6.45) is 7.76. The van der Waals surface area contributed by atoms with E-state index >= 15 is 0 Å². The first-order valence-corrected chi connectivity index (χ1v) is 4.34.